The molecule has 3 nitrogen and oxygen atoms in total. The topological polar surface area (TPSA) is 55.1 Å². The van der Waals surface area contributed by atoms with Gasteiger partial charge in [-0.15, -0.1) is 0 Å². The molecular weight excluding hydrogens is 116 g/mol. The lowest BCUT2D eigenvalue weighted by Gasteiger charge is -1.93. The molecule has 0 aromatic heterocycles. The van der Waals surface area contributed by atoms with E-state index >= 15 is 0 Å². The monoisotopic (exact) mass is 128 g/mol. The van der Waals surface area contributed by atoms with E-state index in [1.165, 1.54) is 0 Å². The fourth-order valence-electron chi connectivity index (χ4n) is 0.397. The van der Waals surface area contributed by atoms with Gasteiger partial charge in [-0.25, -0.2) is 0 Å². The predicted octanol–water partition coefficient (Wildman–Crippen LogP) is -0.363. The minimum absolute atomic E-state index is 0.254. The summed E-state index contributed by atoms with van der Waals surface area (Å²) in [5, 5.41) is 2.82. The van der Waals surface area contributed by atoms with Crippen LogP contribution in [0.25, 0.3) is 0 Å². The first-order valence-corrected chi connectivity index (χ1v) is 2.87. The van der Waals surface area contributed by atoms with Crippen LogP contribution in [0.2, 0.25) is 0 Å². The number of hydrogen-bond donors (Lipinski definition) is 2. The maximum Gasteiger partial charge on any atom is 0.231 e. The molecule has 0 spiro atoms. The quantitative estimate of drug-likeness (QED) is 0.401. The van der Waals surface area contributed by atoms with Gasteiger partial charge in [0.15, 0.2) is 0 Å². The van der Waals surface area contributed by atoms with Gasteiger partial charge in [-0.2, -0.15) is 0 Å². The van der Waals surface area contributed by atoms with E-state index in [2.05, 4.69) is 5.32 Å². The molecule has 0 heterocycles. The Kier molecular flexibility index (Phi) is 4.82. The Morgan fingerprint density at radius 1 is 1.78 bits per heavy atom. The summed E-state index contributed by atoms with van der Waals surface area (Å²) in [6.45, 7) is 2.88. The van der Waals surface area contributed by atoms with E-state index in [1.807, 2.05) is 19.1 Å². The number of carbonyl (C=O) groups excluding carboxylic acids is 1. The smallest absolute Gasteiger partial charge is 0.231 e. The van der Waals surface area contributed by atoms with Crippen molar-refractivity contribution in [2.45, 2.75) is 6.92 Å². The van der Waals surface area contributed by atoms with E-state index in [-0.39, 0.29) is 12.5 Å². The highest BCUT2D eigenvalue weighted by Gasteiger charge is 1.87. The maximum absolute atomic E-state index is 10.1. The van der Waals surface area contributed by atoms with Crippen molar-refractivity contribution in [3.8, 4) is 0 Å². The fraction of sp³-hybridized carbons (Fsp3) is 0.500. The van der Waals surface area contributed by atoms with Crippen molar-refractivity contribution in [1.82, 2.24) is 5.32 Å². The third-order valence-electron chi connectivity index (χ3n) is 0.797. The summed E-state index contributed by atoms with van der Waals surface area (Å²) in [6.07, 6.45) is 3.83. The summed E-state index contributed by atoms with van der Waals surface area (Å²) in [5.74, 6) is -0.320. The van der Waals surface area contributed by atoms with Gasteiger partial charge in [-0.05, 0) is 6.92 Å². The highest BCUT2D eigenvalue weighted by molar-refractivity contribution is 5.75. The Morgan fingerprint density at radius 3 is 2.89 bits per heavy atom. The second-order valence-corrected chi connectivity index (χ2v) is 1.67. The van der Waals surface area contributed by atoms with Crippen molar-refractivity contribution in [2.75, 3.05) is 13.1 Å². The van der Waals surface area contributed by atoms with E-state index in [0.29, 0.717) is 6.54 Å². The molecule has 3 heteroatoms. The van der Waals surface area contributed by atoms with Crippen molar-refractivity contribution in [2.24, 2.45) is 5.73 Å². The molecule has 0 aromatic carbocycles. The summed E-state index contributed by atoms with van der Waals surface area (Å²) in [5.41, 5.74) is 4.85. The Labute approximate surface area is 54.9 Å². The van der Waals surface area contributed by atoms with Crippen LogP contribution in [0.3, 0.4) is 0 Å². The standard InChI is InChI=1S/C6H12N2O/c1-2-3-4-8-5-6(7)9/h2-3,8H,4-5H2,1H3,(H2,7,9)/b3-2+. The van der Waals surface area contributed by atoms with Crippen LogP contribution < -0.4 is 11.1 Å². The molecule has 0 aromatic rings. The van der Waals surface area contributed by atoms with Crippen LogP contribution >= 0.6 is 0 Å². The Morgan fingerprint density at radius 2 is 2.44 bits per heavy atom. The molecule has 0 bridgehead atoms. The average molecular weight is 128 g/mol. The highest BCUT2D eigenvalue weighted by Crippen LogP contribution is 1.65. The van der Waals surface area contributed by atoms with Gasteiger partial charge in [0.1, 0.15) is 0 Å². The van der Waals surface area contributed by atoms with Crippen LogP contribution in [0.4, 0.5) is 0 Å². The van der Waals surface area contributed by atoms with Gasteiger partial charge in [0, 0.05) is 6.54 Å². The van der Waals surface area contributed by atoms with Crippen molar-refractivity contribution in [1.29, 1.82) is 0 Å². The fourth-order valence-corrected chi connectivity index (χ4v) is 0.397. The average Bonchev–Trinajstić information content (AvgIpc) is 1.80. The van der Waals surface area contributed by atoms with E-state index < -0.39 is 0 Å². The number of nitrogens with two attached hydrogens (primary N) is 1. The zero-order valence-electron chi connectivity index (χ0n) is 5.55. The van der Waals surface area contributed by atoms with Crippen LogP contribution in [-0.4, -0.2) is 19.0 Å². The first kappa shape index (κ1) is 8.17. The lowest BCUT2D eigenvalue weighted by atomic mass is 10.5. The Balaban J connectivity index is 3.01. The minimum Gasteiger partial charge on any atom is -0.369 e. The second-order valence-electron chi connectivity index (χ2n) is 1.67. The van der Waals surface area contributed by atoms with Gasteiger partial charge in [0.25, 0.3) is 0 Å². The number of nitrogens with one attached hydrogen (secondary N) is 1. The molecule has 0 atom stereocenters. The van der Waals surface area contributed by atoms with Crippen LogP contribution in [0, 0.1) is 0 Å². The third-order valence-corrected chi connectivity index (χ3v) is 0.797. The van der Waals surface area contributed by atoms with Gasteiger partial charge >= 0.3 is 0 Å². The van der Waals surface area contributed by atoms with Crippen LogP contribution in [0.5, 0.6) is 0 Å². The van der Waals surface area contributed by atoms with Crippen molar-refractivity contribution in [3.63, 3.8) is 0 Å². The molecule has 9 heavy (non-hydrogen) atoms. The van der Waals surface area contributed by atoms with E-state index in [1.54, 1.807) is 0 Å². The van der Waals surface area contributed by atoms with Crippen molar-refractivity contribution < 1.29 is 4.79 Å². The summed E-state index contributed by atoms with van der Waals surface area (Å²) in [6, 6.07) is 0. The molecule has 0 saturated heterocycles. The van der Waals surface area contributed by atoms with E-state index in [0.717, 1.165) is 0 Å². The molecule has 1 amide bonds. The molecule has 0 saturated carbocycles. The Bertz CT molecular complexity index is 110. The lowest BCUT2D eigenvalue weighted by Crippen LogP contribution is -2.28. The first-order valence-electron chi connectivity index (χ1n) is 2.87. The molecule has 52 valence electrons. The molecule has 0 rings (SSSR count). The molecule has 0 unspecified atom stereocenters. The molecular formula is C6H12N2O. The summed E-state index contributed by atoms with van der Waals surface area (Å²) in [4.78, 5) is 10.1. The molecule has 3 N–H and O–H groups in total. The van der Waals surface area contributed by atoms with Gasteiger partial charge in [0.2, 0.25) is 5.91 Å². The number of primary amides is 1. The molecule has 0 radical (unpaired) electrons. The minimum atomic E-state index is -0.320. The largest absolute Gasteiger partial charge is 0.369 e. The van der Waals surface area contributed by atoms with Crippen molar-refractivity contribution in [3.05, 3.63) is 12.2 Å². The highest BCUT2D eigenvalue weighted by atomic mass is 16.1. The second kappa shape index (κ2) is 5.31. The summed E-state index contributed by atoms with van der Waals surface area (Å²) >= 11 is 0. The van der Waals surface area contributed by atoms with Crippen LogP contribution in [0.15, 0.2) is 12.2 Å². The van der Waals surface area contributed by atoms with Crippen molar-refractivity contribution >= 4 is 5.91 Å². The normalized spacial score (nSPS) is 10.3. The third kappa shape index (κ3) is 7.17. The molecule has 0 fully saturated rings. The van der Waals surface area contributed by atoms with Gasteiger partial charge in [0.05, 0.1) is 6.54 Å². The van der Waals surface area contributed by atoms with Gasteiger partial charge in [-0.3, -0.25) is 4.79 Å². The lowest BCUT2D eigenvalue weighted by molar-refractivity contribution is -0.117. The summed E-state index contributed by atoms with van der Waals surface area (Å²) in [7, 11) is 0. The summed E-state index contributed by atoms with van der Waals surface area (Å²) < 4.78 is 0. The van der Waals surface area contributed by atoms with Crippen LogP contribution in [0.1, 0.15) is 6.92 Å². The zero-order chi connectivity index (χ0) is 7.11. The first-order chi connectivity index (χ1) is 4.27. The van der Waals surface area contributed by atoms with Gasteiger partial charge in [-0.1, -0.05) is 12.2 Å². The number of carbonyl (C=O) groups is 1. The number of rotatable bonds is 4. The van der Waals surface area contributed by atoms with Crippen LogP contribution in [-0.2, 0) is 4.79 Å². The maximum atomic E-state index is 10.1. The number of hydrogen-bond acceptors (Lipinski definition) is 2. The van der Waals surface area contributed by atoms with E-state index in [9.17, 15) is 4.79 Å². The number of amides is 1. The molecule has 0 aliphatic carbocycles. The molecule has 0 aliphatic heterocycles. The van der Waals surface area contributed by atoms with Gasteiger partial charge < -0.3 is 11.1 Å². The number of allylic oxidation sites excluding steroid dienone is 1. The SMILES string of the molecule is C/C=C/CNCC(N)=O. The van der Waals surface area contributed by atoms with E-state index in [4.69, 9.17) is 5.73 Å². The predicted molar refractivity (Wildman–Crippen MR) is 36.9 cm³/mol. The Hall–Kier alpha value is -0.830. The molecule has 0 aliphatic rings. The zero-order valence-corrected chi connectivity index (χ0v) is 5.55.